The first-order valence-corrected chi connectivity index (χ1v) is 7.61. The van der Waals surface area contributed by atoms with Gasteiger partial charge in [-0.15, -0.1) is 0 Å². The molecule has 1 aromatic heterocycles. The van der Waals surface area contributed by atoms with E-state index in [9.17, 15) is 13.6 Å². The van der Waals surface area contributed by atoms with Gasteiger partial charge in [0, 0.05) is 21.9 Å². The second kappa shape index (κ2) is 5.41. The Morgan fingerprint density at radius 1 is 0.920 bits per heavy atom. The van der Waals surface area contributed by atoms with Crippen LogP contribution in [0.15, 0.2) is 71.1 Å². The Morgan fingerprint density at radius 2 is 1.60 bits per heavy atom. The molecule has 0 fully saturated rings. The maximum Gasteiger partial charge on any atom is 0.379 e. The van der Waals surface area contributed by atoms with Gasteiger partial charge in [-0.3, -0.25) is 0 Å². The van der Waals surface area contributed by atoms with Crippen LogP contribution in [0.4, 0.5) is 8.78 Å². The molecule has 4 rings (SSSR count). The molecule has 0 unspecified atom stereocenters. The highest BCUT2D eigenvalue weighted by Gasteiger charge is 2.43. The average molecular weight is 338 g/mol. The van der Waals surface area contributed by atoms with E-state index in [2.05, 4.69) is 0 Å². The molecule has 1 heterocycles. The molecule has 3 nitrogen and oxygen atoms in total. The Balaban J connectivity index is 2.15. The molecule has 0 spiro atoms. The lowest BCUT2D eigenvalue weighted by Gasteiger charge is -2.14. The molecule has 0 aliphatic carbocycles. The van der Waals surface area contributed by atoms with Crippen LogP contribution in [0.5, 0.6) is 0 Å². The quantitative estimate of drug-likeness (QED) is 0.542. The van der Waals surface area contributed by atoms with Gasteiger partial charge in [0.05, 0.1) is 0 Å². The van der Waals surface area contributed by atoms with E-state index in [0.29, 0.717) is 16.5 Å². The van der Waals surface area contributed by atoms with Crippen molar-refractivity contribution in [1.29, 1.82) is 0 Å². The number of rotatable bonds is 3. The molecule has 0 radical (unpaired) electrons. The number of carbonyl (C=O) groups is 1. The zero-order chi connectivity index (χ0) is 17.6. The number of benzene rings is 3. The number of halogens is 2. The third-order valence-corrected chi connectivity index (χ3v) is 4.22. The average Bonchev–Trinajstić information content (AvgIpc) is 3.01. The molecule has 0 amide bonds. The maximum atomic E-state index is 14.3. The van der Waals surface area contributed by atoms with Crippen LogP contribution in [0.3, 0.4) is 0 Å². The first-order valence-electron chi connectivity index (χ1n) is 7.61. The van der Waals surface area contributed by atoms with Gasteiger partial charge in [0.2, 0.25) is 0 Å². The van der Waals surface area contributed by atoms with Crippen LogP contribution < -0.4 is 0 Å². The van der Waals surface area contributed by atoms with Crippen molar-refractivity contribution in [2.24, 2.45) is 0 Å². The lowest BCUT2D eigenvalue weighted by molar-refractivity contribution is -0.166. The van der Waals surface area contributed by atoms with E-state index in [-0.39, 0.29) is 11.0 Å². The fraction of sp³-hybridized carbons (Fsp3) is 0.0500. The summed E-state index contributed by atoms with van der Waals surface area (Å²) in [4.78, 5) is 11.1. The number of carboxylic acids is 1. The largest absolute Gasteiger partial charge is 0.477 e. The number of para-hydroxylation sites is 1. The number of fused-ring (bicyclic) bond motifs is 3. The highest BCUT2D eigenvalue weighted by atomic mass is 19.3. The van der Waals surface area contributed by atoms with Gasteiger partial charge in [0.1, 0.15) is 11.2 Å². The SMILES string of the molecule is O=C(O)C(F)(F)c1ccc(-c2ccccc2)c2oc3ccccc3c12. The second-order valence-electron chi connectivity index (χ2n) is 5.71. The van der Waals surface area contributed by atoms with Crippen LogP contribution >= 0.6 is 0 Å². The van der Waals surface area contributed by atoms with Crippen molar-refractivity contribution < 1.29 is 23.1 Å². The Kier molecular flexibility index (Phi) is 3.32. The summed E-state index contributed by atoms with van der Waals surface area (Å²) in [5.74, 6) is -6.20. The zero-order valence-electron chi connectivity index (χ0n) is 12.9. The van der Waals surface area contributed by atoms with Gasteiger partial charge in [-0.25, -0.2) is 4.79 Å². The summed E-state index contributed by atoms with van der Waals surface area (Å²) in [5, 5.41) is 9.56. The van der Waals surface area contributed by atoms with Gasteiger partial charge in [-0.1, -0.05) is 60.7 Å². The lowest BCUT2D eigenvalue weighted by Crippen LogP contribution is -2.25. The molecule has 4 aromatic rings. The summed E-state index contributed by atoms with van der Waals surface area (Å²) in [6, 6.07) is 18.6. The van der Waals surface area contributed by atoms with Crippen LogP contribution in [-0.2, 0) is 10.7 Å². The number of aliphatic carboxylic acids is 1. The van der Waals surface area contributed by atoms with Crippen molar-refractivity contribution in [2.45, 2.75) is 5.92 Å². The summed E-state index contributed by atoms with van der Waals surface area (Å²) in [7, 11) is 0. The molecule has 0 saturated heterocycles. The third-order valence-electron chi connectivity index (χ3n) is 4.22. The Bertz CT molecular complexity index is 1100. The van der Waals surface area contributed by atoms with Crippen molar-refractivity contribution in [1.82, 2.24) is 0 Å². The van der Waals surface area contributed by atoms with E-state index < -0.39 is 17.5 Å². The molecule has 0 atom stereocenters. The molecule has 25 heavy (non-hydrogen) atoms. The van der Waals surface area contributed by atoms with E-state index in [1.807, 2.05) is 30.3 Å². The van der Waals surface area contributed by atoms with Gasteiger partial charge in [-0.05, 0) is 11.6 Å². The highest BCUT2D eigenvalue weighted by Crippen LogP contribution is 2.43. The van der Waals surface area contributed by atoms with Gasteiger partial charge in [0.25, 0.3) is 0 Å². The molecule has 0 bridgehead atoms. The summed E-state index contributed by atoms with van der Waals surface area (Å²) in [5.41, 5.74) is 1.56. The van der Waals surface area contributed by atoms with Crippen LogP contribution in [0.2, 0.25) is 0 Å². The Morgan fingerprint density at radius 3 is 2.32 bits per heavy atom. The lowest BCUT2D eigenvalue weighted by atomic mass is 9.95. The summed E-state index contributed by atoms with van der Waals surface area (Å²) >= 11 is 0. The summed E-state index contributed by atoms with van der Waals surface area (Å²) < 4.78 is 34.4. The topological polar surface area (TPSA) is 50.4 Å². The van der Waals surface area contributed by atoms with Gasteiger partial charge < -0.3 is 9.52 Å². The van der Waals surface area contributed by atoms with Crippen LogP contribution in [0, 0.1) is 0 Å². The maximum absolute atomic E-state index is 14.3. The van der Waals surface area contributed by atoms with Crippen molar-refractivity contribution in [2.75, 3.05) is 0 Å². The molecule has 5 heteroatoms. The number of carboxylic acid groups (broad SMARTS) is 1. The van der Waals surface area contributed by atoms with E-state index in [0.717, 1.165) is 5.56 Å². The smallest absolute Gasteiger partial charge is 0.379 e. The molecule has 1 N–H and O–H groups in total. The minimum atomic E-state index is -4.01. The summed E-state index contributed by atoms with van der Waals surface area (Å²) in [6.07, 6.45) is 0. The Hall–Kier alpha value is -3.21. The minimum Gasteiger partial charge on any atom is -0.477 e. The predicted octanol–water partition coefficient (Wildman–Crippen LogP) is 5.43. The molecule has 0 aliphatic heterocycles. The van der Waals surface area contributed by atoms with Gasteiger partial charge in [-0.2, -0.15) is 8.78 Å². The van der Waals surface area contributed by atoms with Crippen LogP contribution in [0.1, 0.15) is 5.56 Å². The molecule has 124 valence electrons. The first kappa shape index (κ1) is 15.3. The normalized spacial score (nSPS) is 11.9. The minimum absolute atomic E-state index is 0.129. The Labute approximate surface area is 141 Å². The number of hydrogen-bond acceptors (Lipinski definition) is 2. The first-order chi connectivity index (χ1) is 12.0. The van der Waals surface area contributed by atoms with Crippen molar-refractivity contribution >= 4 is 27.9 Å². The predicted molar refractivity (Wildman–Crippen MR) is 90.7 cm³/mol. The van der Waals surface area contributed by atoms with E-state index >= 15 is 0 Å². The van der Waals surface area contributed by atoms with Gasteiger partial charge in [0.15, 0.2) is 0 Å². The molecule has 0 saturated carbocycles. The van der Waals surface area contributed by atoms with Gasteiger partial charge >= 0.3 is 11.9 Å². The monoisotopic (exact) mass is 338 g/mol. The van der Waals surface area contributed by atoms with Crippen molar-refractivity contribution in [3.63, 3.8) is 0 Å². The van der Waals surface area contributed by atoms with Crippen LogP contribution in [0.25, 0.3) is 33.1 Å². The zero-order valence-corrected chi connectivity index (χ0v) is 12.9. The van der Waals surface area contributed by atoms with E-state index in [1.54, 1.807) is 24.3 Å². The van der Waals surface area contributed by atoms with Crippen LogP contribution in [-0.4, -0.2) is 11.1 Å². The fourth-order valence-corrected chi connectivity index (χ4v) is 3.05. The highest BCUT2D eigenvalue weighted by molar-refractivity contribution is 6.12. The summed E-state index contributed by atoms with van der Waals surface area (Å²) in [6.45, 7) is 0. The number of hydrogen-bond donors (Lipinski definition) is 1. The molecular weight excluding hydrogens is 326 g/mol. The van der Waals surface area contributed by atoms with Crippen molar-refractivity contribution in [3.8, 4) is 11.1 Å². The number of alkyl halides is 2. The van der Waals surface area contributed by atoms with E-state index in [4.69, 9.17) is 9.52 Å². The molecular formula is C20H12F2O3. The fourth-order valence-electron chi connectivity index (χ4n) is 3.05. The third kappa shape index (κ3) is 2.28. The van der Waals surface area contributed by atoms with Crippen molar-refractivity contribution in [3.05, 3.63) is 72.3 Å². The molecule has 3 aromatic carbocycles. The number of furan rings is 1. The standard InChI is InChI=1S/C20H12F2O3/c21-20(22,19(23)24)15-11-10-13(12-6-2-1-3-7-12)18-17(15)14-8-4-5-9-16(14)25-18/h1-11H,(H,23,24). The van der Waals surface area contributed by atoms with E-state index in [1.165, 1.54) is 12.1 Å². The molecule has 0 aliphatic rings. The second-order valence-corrected chi connectivity index (χ2v) is 5.71.